The molecular formula is C15H18N6O. The van der Waals surface area contributed by atoms with E-state index in [-0.39, 0.29) is 0 Å². The molecule has 4 heterocycles. The van der Waals surface area contributed by atoms with Gasteiger partial charge in [0.15, 0.2) is 0 Å². The first-order valence-electron chi connectivity index (χ1n) is 7.41. The number of nitrogen functional groups attached to an aromatic ring is 1. The fraction of sp³-hybridized carbons (Fsp3) is 0.400. The highest BCUT2D eigenvalue weighted by atomic mass is 16.5. The molecule has 2 aliphatic heterocycles. The topological polar surface area (TPSA) is 92.9 Å². The normalized spacial score (nSPS) is 20.9. The van der Waals surface area contributed by atoms with Gasteiger partial charge in [-0.25, -0.2) is 4.98 Å². The summed E-state index contributed by atoms with van der Waals surface area (Å²) in [6, 6.07) is 2.30. The summed E-state index contributed by atoms with van der Waals surface area (Å²) in [7, 11) is 0. The SMILES string of the molecule is Cc1nc(N)nc2c1C=C(c1ccn[nH]1)CN2[C@@H]1CCOC1. The zero-order valence-corrected chi connectivity index (χ0v) is 12.4. The standard InChI is InChI=1S/C15H18N6O/c1-9-12-6-10(13-2-4-17-20-13)7-21(11-3-5-22-8-11)14(12)19-15(16)18-9/h2,4,6,11H,3,5,7-8H2,1H3,(H,17,20)(H2,16,18,19)/t11-/m1/s1. The van der Waals surface area contributed by atoms with Crippen LogP contribution in [0.1, 0.15) is 23.4 Å². The Morgan fingerprint density at radius 3 is 3.05 bits per heavy atom. The van der Waals surface area contributed by atoms with Crippen molar-refractivity contribution in [1.82, 2.24) is 20.2 Å². The number of hydrogen-bond donors (Lipinski definition) is 2. The molecule has 1 atom stereocenters. The Labute approximate surface area is 128 Å². The fourth-order valence-corrected chi connectivity index (χ4v) is 3.12. The molecule has 0 bridgehead atoms. The zero-order chi connectivity index (χ0) is 15.1. The van der Waals surface area contributed by atoms with Crippen LogP contribution in [0.15, 0.2) is 12.3 Å². The molecule has 2 aromatic heterocycles. The number of anilines is 2. The third-order valence-corrected chi connectivity index (χ3v) is 4.26. The van der Waals surface area contributed by atoms with Gasteiger partial charge in [0.1, 0.15) is 5.82 Å². The molecule has 0 amide bonds. The molecule has 0 unspecified atom stereocenters. The van der Waals surface area contributed by atoms with Crippen LogP contribution in [0.4, 0.5) is 11.8 Å². The van der Waals surface area contributed by atoms with Gasteiger partial charge < -0.3 is 15.4 Å². The maximum absolute atomic E-state index is 5.86. The van der Waals surface area contributed by atoms with Gasteiger partial charge in [0.2, 0.25) is 5.95 Å². The number of ether oxygens (including phenoxy) is 1. The molecule has 2 aliphatic rings. The lowest BCUT2D eigenvalue weighted by Gasteiger charge is -2.34. The minimum atomic E-state index is 0.318. The van der Waals surface area contributed by atoms with E-state index in [4.69, 9.17) is 10.5 Å². The molecular weight excluding hydrogens is 280 g/mol. The molecule has 0 radical (unpaired) electrons. The summed E-state index contributed by atoms with van der Waals surface area (Å²) in [4.78, 5) is 11.1. The summed E-state index contributed by atoms with van der Waals surface area (Å²) < 4.78 is 5.56. The van der Waals surface area contributed by atoms with Gasteiger partial charge in [-0.05, 0) is 31.1 Å². The molecule has 4 rings (SSSR count). The molecule has 2 aromatic rings. The van der Waals surface area contributed by atoms with Crippen LogP contribution in [0, 0.1) is 6.92 Å². The minimum absolute atomic E-state index is 0.318. The smallest absolute Gasteiger partial charge is 0.222 e. The van der Waals surface area contributed by atoms with Crippen LogP contribution in [-0.4, -0.2) is 46.0 Å². The van der Waals surface area contributed by atoms with Gasteiger partial charge in [-0.2, -0.15) is 10.1 Å². The van der Waals surface area contributed by atoms with Crippen LogP contribution >= 0.6 is 0 Å². The largest absolute Gasteiger partial charge is 0.379 e. The van der Waals surface area contributed by atoms with Crippen molar-refractivity contribution in [2.45, 2.75) is 19.4 Å². The number of hydrogen-bond acceptors (Lipinski definition) is 6. The van der Waals surface area contributed by atoms with Crippen molar-refractivity contribution in [2.75, 3.05) is 30.4 Å². The first kappa shape index (κ1) is 13.3. The van der Waals surface area contributed by atoms with Gasteiger partial charge in [-0.3, -0.25) is 5.10 Å². The lowest BCUT2D eigenvalue weighted by molar-refractivity contribution is 0.193. The van der Waals surface area contributed by atoms with Gasteiger partial charge in [0.25, 0.3) is 0 Å². The number of aryl methyl sites for hydroxylation is 1. The Bertz CT molecular complexity index is 718. The molecule has 114 valence electrons. The van der Waals surface area contributed by atoms with E-state index in [0.29, 0.717) is 12.0 Å². The Hall–Kier alpha value is -2.41. The number of H-pyrrole nitrogens is 1. The van der Waals surface area contributed by atoms with E-state index in [0.717, 1.165) is 48.9 Å². The molecule has 0 saturated carbocycles. The van der Waals surface area contributed by atoms with E-state index in [2.05, 4.69) is 31.1 Å². The molecule has 0 aromatic carbocycles. The van der Waals surface area contributed by atoms with Crippen LogP contribution in [-0.2, 0) is 4.74 Å². The first-order chi connectivity index (χ1) is 10.7. The van der Waals surface area contributed by atoms with Crippen molar-refractivity contribution in [3.63, 3.8) is 0 Å². The van der Waals surface area contributed by atoms with Crippen molar-refractivity contribution in [1.29, 1.82) is 0 Å². The van der Waals surface area contributed by atoms with Crippen molar-refractivity contribution in [3.8, 4) is 0 Å². The summed E-state index contributed by atoms with van der Waals surface area (Å²) in [5, 5.41) is 7.09. The van der Waals surface area contributed by atoms with Crippen molar-refractivity contribution in [3.05, 3.63) is 29.2 Å². The number of nitrogens with zero attached hydrogens (tertiary/aromatic N) is 4. The molecule has 0 spiro atoms. The summed E-state index contributed by atoms with van der Waals surface area (Å²) in [5.41, 5.74) is 9.97. The van der Waals surface area contributed by atoms with E-state index in [9.17, 15) is 0 Å². The Kier molecular flexibility index (Phi) is 3.07. The quantitative estimate of drug-likeness (QED) is 0.866. The second-order valence-corrected chi connectivity index (χ2v) is 5.69. The van der Waals surface area contributed by atoms with Gasteiger partial charge in [0, 0.05) is 24.9 Å². The molecule has 22 heavy (non-hydrogen) atoms. The maximum Gasteiger partial charge on any atom is 0.222 e. The maximum atomic E-state index is 5.86. The molecule has 1 fully saturated rings. The fourth-order valence-electron chi connectivity index (χ4n) is 3.12. The van der Waals surface area contributed by atoms with E-state index >= 15 is 0 Å². The van der Waals surface area contributed by atoms with Crippen molar-refractivity contribution in [2.24, 2.45) is 0 Å². The third-order valence-electron chi connectivity index (χ3n) is 4.26. The molecule has 7 heteroatoms. The predicted molar refractivity (Wildman–Crippen MR) is 84.2 cm³/mol. The van der Waals surface area contributed by atoms with Gasteiger partial charge >= 0.3 is 0 Å². The lowest BCUT2D eigenvalue weighted by Crippen LogP contribution is -2.40. The number of nitrogens with one attached hydrogen (secondary N) is 1. The van der Waals surface area contributed by atoms with E-state index in [1.165, 1.54) is 5.57 Å². The molecule has 0 aliphatic carbocycles. The van der Waals surface area contributed by atoms with Crippen LogP contribution < -0.4 is 10.6 Å². The highest BCUT2D eigenvalue weighted by Gasteiger charge is 2.31. The average Bonchev–Trinajstić information content (AvgIpc) is 3.20. The number of aromatic amines is 1. The van der Waals surface area contributed by atoms with Gasteiger partial charge in [0.05, 0.1) is 24.0 Å². The Morgan fingerprint density at radius 1 is 1.41 bits per heavy atom. The molecule has 1 saturated heterocycles. The predicted octanol–water partition coefficient (Wildman–Crippen LogP) is 1.24. The van der Waals surface area contributed by atoms with E-state index < -0.39 is 0 Å². The second-order valence-electron chi connectivity index (χ2n) is 5.69. The number of nitrogens with two attached hydrogens (primary N) is 1. The molecule has 7 nitrogen and oxygen atoms in total. The summed E-state index contributed by atoms with van der Waals surface area (Å²) in [5.74, 6) is 1.22. The monoisotopic (exact) mass is 298 g/mol. The Morgan fingerprint density at radius 2 is 2.32 bits per heavy atom. The summed E-state index contributed by atoms with van der Waals surface area (Å²) in [6.45, 7) is 4.24. The Balaban J connectivity index is 1.84. The van der Waals surface area contributed by atoms with Crippen LogP contribution in [0.3, 0.4) is 0 Å². The van der Waals surface area contributed by atoms with Crippen molar-refractivity contribution >= 4 is 23.4 Å². The van der Waals surface area contributed by atoms with Crippen LogP contribution in [0.2, 0.25) is 0 Å². The molecule has 3 N–H and O–H groups in total. The third kappa shape index (κ3) is 2.14. The minimum Gasteiger partial charge on any atom is -0.379 e. The lowest BCUT2D eigenvalue weighted by atomic mass is 10.0. The first-order valence-corrected chi connectivity index (χ1v) is 7.41. The van der Waals surface area contributed by atoms with Crippen LogP contribution in [0.5, 0.6) is 0 Å². The van der Waals surface area contributed by atoms with Gasteiger partial charge in [-0.1, -0.05) is 0 Å². The van der Waals surface area contributed by atoms with Gasteiger partial charge in [-0.15, -0.1) is 0 Å². The van der Waals surface area contributed by atoms with Crippen LogP contribution in [0.25, 0.3) is 11.6 Å². The van der Waals surface area contributed by atoms with E-state index in [1.807, 2.05) is 13.0 Å². The highest BCUT2D eigenvalue weighted by molar-refractivity contribution is 5.90. The van der Waals surface area contributed by atoms with E-state index in [1.54, 1.807) is 6.20 Å². The number of fused-ring (bicyclic) bond motifs is 1. The number of rotatable bonds is 2. The summed E-state index contributed by atoms with van der Waals surface area (Å²) >= 11 is 0. The van der Waals surface area contributed by atoms with Crippen molar-refractivity contribution < 1.29 is 4.74 Å². The number of aromatic nitrogens is 4. The highest BCUT2D eigenvalue weighted by Crippen LogP contribution is 2.35. The summed E-state index contributed by atoms with van der Waals surface area (Å²) in [6.07, 6.45) is 4.89. The zero-order valence-electron chi connectivity index (χ0n) is 12.4. The second kappa shape index (κ2) is 5.10. The average molecular weight is 298 g/mol.